The number of benzene rings is 1. The van der Waals surface area contributed by atoms with E-state index in [1.807, 2.05) is 31.2 Å². The summed E-state index contributed by atoms with van der Waals surface area (Å²) < 4.78 is 35.1. The molecule has 0 bridgehead atoms. The first-order valence-electron chi connectivity index (χ1n) is 15.4. The number of hydrogen-bond donors (Lipinski definition) is 0. The molecule has 2 saturated heterocycles. The summed E-state index contributed by atoms with van der Waals surface area (Å²) in [6, 6.07) is 7.90. The first-order valence-corrected chi connectivity index (χ1v) is 15.4. The van der Waals surface area contributed by atoms with Crippen LogP contribution in [0.1, 0.15) is 90.5 Å². The number of ketones is 1. The van der Waals surface area contributed by atoms with Gasteiger partial charge in [-0.05, 0) is 87.8 Å². The minimum Gasteiger partial charge on any atom is -0.497 e. The molecule has 0 aromatic heterocycles. The minimum absolute atomic E-state index is 0.0131. The zero-order valence-corrected chi connectivity index (χ0v) is 25.2. The van der Waals surface area contributed by atoms with Gasteiger partial charge in [0.25, 0.3) is 0 Å². The van der Waals surface area contributed by atoms with Crippen LogP contribution < -0.4 is 4.74 Å². The number of ether oxygens (including phenoxy) is 6. The predicted octanol–water partition coefficient (Wildman–Crippen LogP) is 7.01. The van der Waals surface area contributed by atoms with Crippen molar-refractivity contribution in [2.75, 3.05) is 26.9 Å². The Kier molecular flexibility index (Phi) is 15.2. The lowest BCUT2D eigenvalue weighted by molar-refractivity contribution is -0.209. The third-order valence-electron chi connectivity index (χ3n) is 7.78. The molecule has 7 heteroatoms. The molecule has 6 atom stereocenters. The standard InChI is InChI=1S/C33H52O7/c1-25(11-14-27(3)39-32-9-5-7-21-37-32)12-17-29(34)18-13-26(2)31(40-33-10-6-8-22-38-33)24-36-23-28-15-19-30(35-4)20-16-28/h11,14-16,19-20,25-27,31-33H,5-10,12-13,17-18,21-24H2,1-4H3/b14-11+/t25-,26+,27+,31-,32?,33?/m1/s1. The number of rotatable bonds is 18. The summed E-state index contributed by atoms with van der Waals surface area (Å²) in [6.45, 7) is 8.86. The van der Waals surface area contributed by atoms with Crippen LogP contribution in [-0.2, 0) is 35.1 Å². The molecule has 40 heavy (non-hydrogen) atoms. The van der Waals surface area contributed by atoms with Gasteiger partial charge in [0.1, 0.15) is 11.5 Å². The molecule has 0 N–H and O–H groups in total. The van der Waals surface area contributed by atoms with E-state index in [9.17, 15) is 4.79 Å². The topological polar surface area (TPSA) is 72.5 Å². The van der Waals surface area contributed by atoms with Gasteiger partial charge in [0, 0.05) is 26.1 Å². The molecule has 0 amide bonds. The maximum Gasteiger partial charge on any atom is 0.158 e. The van der Waals surface area contributed by atoms with Crippen LogP contribution in [0, 0.1) is 11.8 Å². The fourth-order valence-corrected chi connectivity index (χ4v) is 5.00. The fraction of sp³-hybridized carbons (Fsp3) is 0.727. The molecule has 7 nitrogen and oxygen atoms in total. The quantitative estimate of drug-likeness (QED) is 0.179. The second kappa shape index (κ2) is 18.6. The average molecular weight is 561 g/mol. The van der Waals surface area contributed by atoms with Gasteiger partial charge in [0.15, 0.2) is 12.6 Å². The molecule has 1 aromatic carbocycles. The van der Waals surface area contributed by atoms with Crippen LogP contribution in [0.25, 0.3) is 0 Å². The summed E-state index contributed by atoms with van der Waals surface area (Å²) in [5.41, 5.74) is 1.09. The fourth-order valence-electron chi connectivity index (χ4n) is 5.00. The summed E-state index contributed by atoms with van der Waals surface area (Å²) in [5.74, 6) is 1.64. The minimum atomic E-state index is -0.190. The molecule has 2 unspecified atom stereocenters. The third-order valence-corrected chi connectivity index (χ3v) is 7.78. The zero-order valence-electron chi connectivity index (χ0n) is 25.2. The van der Waals surface area contributed by atoms with Crippen molar-refractivity contribution in [1.82, 2.24) is 0 Å². The summed E-state index contributed by atoms with van der Waals surface area (Å²) in [5, 5.41) is 0. The highest BCUT2D eigenvalue weighted by Gasteiger charge is 2.25. The maximum absolute atomic E-state index is 12.7. The van der Waals surface area contributed by atoms with E-state index < -0.39 is 0 Å². The first kappa shape index (κ1) is 32.7. The van der Waals surface area contributed by atoms with Gasteiger partial charge in [0.2, 0.25) is 0 Å². The van der Waals surface area contributed by atoms with E-state index in [1.165, 1.54) is 0 Å². The van der Waals surface area contributed by atoms with Gasteiger partial charge in [-0.25, -0.2) is 0 Å². The lowest BCUT2D eigenvalue weighted by Crippen LogP contribution is -2.35. The molecule has 0 saturated carbocycles. The maximum atomic E-state index is 12.7. The molecule has 2 aliphatic rings. The van der Waals surface area contributed by atoms with Crippen molar-refractivity contribution < 1.29 is 33.2 Å². The predicted molar refractivity (Wildman–Crippen MR) is 156 cm³/mol. The van der Waals surface area contributed by atoms with Crippen molar-refractivity contribution >= 4 is 5.78 Å². The van der Waals surface area contributed by atoms with Gasteiger partial charge in [-0.1, -0.05) is 38.1 Å². The monoisotopic (exact) mass is 560 g/mol. The summed E-state index contributed by atoms with van der Waals surface area (Å²) in [4.78, 5) is 12.7. The first-order chi connectivity index (χ1) is 19.4. The second-order valence-electron chi connectivity index (χ2n) is 11.4. The SMILES string of the molecule is COc1ccc(COC[C@@H](OC2CCCCO2)[C@@H](C)CCC(=O)CC[C@H](C)/C=C/[C@H](C)OC2CCCCO2)cc1. The molecule has 2 aliphatic heterocycles. The van der Waals surface area contributed by atoms with Crippen LogP contribution in [0.4, 0.5) is 0 Å². The largest absolute Gasteiger partial charge is 0.497 e. The lowest BCUT2D eigenvalue weighted by atomic mass is 9.95. The Balaban J connectivity index is 1.38. The third kappa shape index (κ3) is 12.8. The van der Waals surface area contributed by atoms with E-state index in [4.69, 9.17) is 28.4 Å². The van der Waals surface area contributed by atoms with E-state index in [1.54, 1.807) is 7.11 Å². The number of carbonyl (C=O) groups excluding carboxylic acids is 1. The van der Waals surface area contributed by atoms with Gasteiger partial charge in [-0.2, -0.15) is 0 Å². The Hall–Kier alpha value is -1.77. The van der Waals surface area contributed by atoms with Gasteiger partial charge in [0.05, 0.1) is 32.5 Å². The highest BCUT2D eigenvalue weighted by Crippen LogP contribution is 2.23. The smallest absolute Gasteiger partial charge is 0.158 e. The molecule has 2 heterocycles. The number of methoxy groups -OCH3 is 1. The Bertz CT molecular complexity index is 843. The Morgan fingerprint density at radius 3 is 2.17 bits per heavy atom. The van der Waals surface area contributed by atoms with E-state index in [2.05, 4.69) is 26.0 Å². The zero-order chi connectivity index (χ0) is 28.6. The Morgan fingerprint density at radius 1 is 0.900 bits per heavy atom. The van der Waals surface area contributed by atoms with Crippen molar-refractivity contribution in [3.8, 4) is 5.75 Å². The normalized spacial score (nSPS) is 23.0. The molecule has 0 aliphatic carbocycles. The van der Waals surface area contributed by atoms with Crippen LogP contribution in [-0.4, -0.2) is 57.5 Å². The van der Waals surface area contributed by atoms with Gasteiger partial charge in [-0.15, -0.1) is 0 Å². The number of allylic oxidation sites excluding steroid dienone is 1. The molecule has 0 radical (unpaired) electrons. The highest BCUT2D eigenvalue weighted by atomic mass is 16.7. The van der Waals surface area contributed by atoms with Crippen LogP contribution in [0.3, 0.4) is 0 Å². The van der Waals surface area contributed by atoms with Crippen molar-refractivity contribution in [1.29, 1.82) is 0 Å². The molecule has 1 aromatic rings. The summed E-state index contributed by atoms with van der Waals surface area (Å²) in [7, 11) is 1.66. The molecule has 0 spiro atoms. The van der Waals surface area contributed by atoms with Crippen LogP contribution in [0.15, 0.2) is 36.4 Å². The lowest BCUT2D eigenvalue weighted by Gasteiger charge is -2.31. The Morgan fingerprint density at radius 2 is 1.55 bits per heavy atom. The molecule has 3 rings (SSSR count). The number of Topliss-reactive ketones (excluding diaryl/α,β-unsaturated/α-hetero) is 1. The molecule has 226 valence electrons. The van der Waals surface area contributed by atoms with Crippen LogP contribution in [0.2, 0.25) is 0 Å². The van der Waals surface area contributed by atoms with Gasteiger partial charge >= 0.3 is 0 Å². The van der Waals surface area contributed by atoms with Crippen molar-refractivity contribution in [3.63, 3.8) is 0 Å². The average Bonchev–Trinajstić information content (AvgIpc) is 2.98. The van der Waals surface area contributed by atoms with Crippen molar-refractivity contribution in [2.24, 2.45) is 11.8 Å². The van der Waals surface area contributed by atoms with Crippen molar-refractivity contribution in [3.05, 3.63) is 42.0 Å². The molecule has 2 fully saturated rings. The van der Waals surface area contributed by atoms with Crippen molar-refractivity contribution in [2.45, 2.75) is 116 Å². The summed E-state index contributed by atoms with van der Waals surface area (Å²) in [6.07, 6.45) is 13.0. The Labute approximate surface area is 241 Å². The second-order valence-corrected chi connectivity index (χ2v) is 11.4. The summed E-state index contributed by atoms with van der Waals surface area (Å²) >= 11 is 0. The highest BCUT2D eigenvalue weighted by molar-refractivity contribution is 5.78. The van der Waals surface area contributed by atoms with Crippen LogP contribution >= 0.6 is 0 Å². The van der Waals surface area contributed by atoms with E-state index >= 15 is 0 Å². The molecular weight excluding hydrogens is 508 g/mol. The van der Waals surface area contributed by atoms with E-state index in [-0.39, 0.29) is 30.7 Å². The molecular formula is C33H52O7. The number of carbonyl (C=O) groups is 1. The van der Waals surface area contributed by atoms with Gasteiger partial charge in [-0.3, -0.25) is 4.79 Å². The van der Waals surface area contributed by atoms with E-state index in [0.29, 0.717) is 37.8 Å². The van der Waals surface area contributed by atoms with Crippen LogP contribution in [0.5, 0.6) is 5.75 Å². The van der Waals surface area contributed by atoms with Gasteiger partial charge < -0.3 is 28.4 Å². The van der Waals surface area contributed by atoms with E-state index in [0.717, 1.165) is 75.9 Å². The number of hydrogen-bond acceptors (Lipinski definition) is 7.